The lowest BCUT2D eigenvalue weighted by Crippen LogP contribution is -2.23. The van der Waals surface area contributed by atoms with Gasteiger partial charge >= 0.3 is 5.97 Å². The van der Waals surface area contributed by atoms with Crippen molar-refractivity contribution >= 4 is 11.9 Å². The normalized spacial score (nSPS) is 16.9. The molecule has 0 aromatic carbocycles. The predicted molar refractivity (Wildman–Crippen MR) is 47.9 cm³/mol. The maximum Gasteiger partial charge on any atom is 0.328 e. The van der Waals surface area contributed by atoms with Gasteiger partial charge in [0.1, 0.15) is 0 Å². The van der Waals surface area contributed by atoms with Gasteiger partial charge in [0, 0.05) is 13.6 Å². The highest BCUT2D eigenvalue weighted by molar-refractivity contribution is 5.74. The number of anilines is 1. The van der Waals surface area contributed by atoms with Crippen LogP contribution in [0.5, 0.6) is 0 Å². The van der Waals surface area contributed by atoms with Crippen molar-refractivity contribution < 1.29 is 9.90 Å². The molecule has 0 aliphatic carbocycles. The van der Waals surface area contributed by atoms with E-state index in [1.165, 1.54) is 0 Å². The van der Waals surface area contributed by atoms with Crippen molar-refractivity contribution in [3.63, 3.8) is 0 Å². The molecule has 1 aliphatic rings. The van der Waals surface area contributed by atoms with Crippen LogP contribution in [0.4, 0.5) is 5.95 Å². The minimum atomic E-state index is -1.14. The van der Waals surface area contributed by atoms with Gasteiger partial charge in [-0.2, -0.15) is 10.1 Å². The van der Waals surface area contributed by atoms with Crippen LogP contribution in [0.2, 0.25) is 0 Å². The summed E-state index contributed by atoms with van der Waals surface area (Å²) in [6.45, 7) is 1.57. The minimum absolute atomic E-state index is 0.166. The van der Waals surface area contributed by atoms with Crippen LogP contribution in [-0.2, 0) is 11.3 Å². The first-order valence-electron chi connectivity index (χ1n) is 4.24. The molecule has 76 valence electrons. The molecule has 1 aromatic rings. The third-order valence-electron chi connectivity index (χ3n) is 2.20. The molecule has 14 heavy (non-hydrogen) atoms. The summed E-state index contributed by atoms with van der Waals surface area (Å²) in [6, 6.07) is -1.14. The van der Waals surface area contributed by atoms with E-state index < -0.39 is 12.0 Å². The van der Waals surface area contributed by atoms with Gasteiger partial charge in [0.05, 0.1) is 6.54 Å². The average molecular weight is 197 g/mol. The summed E-state index contributed by atoms with van der Waals surface area (Å²) in [4.78, 5) is 16.6. The van der Waals surface area contributed by atoms with Crippen LogP contribution in [0.1, 0.15) is 11.9 Å². The van der Waals surface area contributed by atoms with Gasteiger partial charge < -0.3 is 15.7 Å². The van der Waals surface area contributed by atoms with Crippen LogP contribution in [0.15, 0.2) is 0 Å². The third kappa shape index (κ3) is 1.22. The molecular formula is C7H11N5O2. The van der Waals surface area contributed by atoms with Crippen molar-refractivity contribution in [2.75, 3.05) is 18.5 Å². The Balaban J connectivity index is 2.31. The Morgan fingerprint density at radius 3 is 2.93 bits per heavy atom. The fraction of sp³-hybridized carbons (Fsp3) is 0.571. The quantitative estimate of drug-likeness (QED) is 0.619. The maximum atomic E-state index is 10.6. The van der Waals surface area contributed by atoms with Gasteiger partial charge in [0.15, 0.2) is 11.9 Å². The van der Waals surface area contributed by atoms with Crippen molar-refractivity contribution in [3.8, 4) is 0 Å². The molecule has 1 atom stereocenters. The topological polar surface area (TPSA) is 97.3 Å². The zero-order valence-corrected chi connectivity index (χ0v) is 7.71. The molecule has 1 aromatic heterocycles. The molecular weight excluding hydrogens is 186 g/mol. The van der Waals surface area contributed by atoms with Crippen LogP contribution in [-0.4, -0.2) is 39.4 Å². The standard InChI is InChI=1S/C7H11N5O2/c1-11-2-3-12-7(11)9-5(10-12)4(8)6(13)14/h4H,2-3,8H2,1H3,(H,13,14). The molecule has 0 saturated heterocycles. The van der Waals surface area contributed by atoms with E-state index in [9.17, 15) is 4.79 Å². The highest BCUT2D eigenvalue weighted by Gasteiger charge is 2.25. The van der Waals surface area contributed by atoms with Gasteiger partial charge in [-0.1, -0.05) is 0 Å². The molecule has 1 aliphatic heterocycles. The first-order chi connectivity index (χ1) is 6.59. The number of nitrogens with zero attached hydrogens (tertiary/aromatic N) is 4. The zero-order valence-electron chi connectivity index (χ0n) is 7.71. The van der Waals surface area contributed by atoms with E-state index in [0.29, 0.717) is 5.95 Å². The van der Waals surface area contributed by atoms with Crippen LogP contribution in [0.3, 0.4) is 0 Å². The van der Waals surface area contributed by atoms with E-state index in [4.69, 9.17) is 10.8 Å². The molecule has 3 N–H and O–H groups in total. The first-order valence-corrected chi connectivity index (χ1v) is 4.24. The van der Waals surface area contributed by atoms with Crippen LogP contribution >= 0.6 is 0 Å². The number of hydrogen-bond acceptors (Lipinski definition) is 5. The summed E-state index contributed by atoms with van der Waals surface area (Å²) in [5.74, 6) is -0.271. The molecule has 0 spiro atoms. The van der Waals surface area contributed by atoms with E-state index in [2.05, 4.69) is 10.1 Å². The van der Waals surface area contributed by atoms with Gasteiger partial charge in [-0.05, 0) is 0 Å². The molecule has 0 fully saturated rings. The van der Waals surface area contributed by atoms with Crippen LogP contribution in [0.25, 0.3) is 0 Å². The van der Waals surface area contributed by atoms with Gasteiger partial charge in [-0.25, -0.2) is 4.68 Å². The highest BCUT2D eigenvalue weighted by atomic mass is 16.4. The van der Waals surface area contributed by atoms with Gasteiger partial charge in [-0.3, -0.25) is 4.79 Å². The second kappa shape index (κ2) is 2.95. The number of likely N-dealkylation sites (N-methyl/N-ethyl adjacent to an activating group) is 1. The second-order valence-corrected chi connectivity index (χ2v) is 3.23. The number of aliphatic carboxylic acids is 1. The van der Waals surface area contributed by atoms with E-state index in [0.717, 1.165) is 13.1 Å². The molecule has 2 heterocycles. The van der Waals surface area contributed by atoms with Crippen molar-refractivity contribution in [2.24, 2.45) is 5.73 Å². The monoisotopic (exact) mass is 197 g/mol. The van der Waals surface area contributed by atoms with Gasteiger partial charge in [0.2, 0.25) is 5.95 Å². The summed E-state index contributed by atoms with van der Waals surface area (Å²) in [5.41, 5.74) is 5.39. The highest BCUT2D eigenvalue weighted by Crippen LogP contribution is 2.18. The van der Waals surface area contributed by atoms with E-state index in [1.807, 2.05) is 11.9 Å². The van der Waals surface area contributed by atoms with Crippen LogP contribution < -0.4 is 10.6 Å². The Bertz CT molecular complexity index is 374. The Morgan fingerprint density at radius 1 is 1.64 bits per heavy atom. The van der Waals surface area contributed by atoms with Gasteiger partial charge in [0.25, 0.3) is 0 Å². The second-order valence-electron chi connectivity index (χ2n) is 3.23. The molecule has 0 bridgehead atoms. The number of carbonyl (C=O) groups is 1. The number of hydrogen-bond donors (Lipinski definition) is 2. The van der Waals surface area contributed by atoms with Crippen molar-refractivity contribution in [3.05, 3.63) is 5.82 Å². The summed E-state index contributed by atoms with van der Waals surface area (Å²) in [6.07, 6.45) is 0. The molecule has 7 heteroatoms. The smallest absolute Gasteiger partial charge is 0.328 e. The van der Waals surface area contributed by atoms with Gasteiger partial charge in [-0.15, -0.1) is 0 Å². The third-order valence-corrected chi connectivity index (χ3v) is 2.20. The minimum Gasteiger partial charge on any atom is -0.480 e. The molecule has 0 amide bonds. The van der Waals surface area contributed by atoms with Crippen molar-refractivity contribution in [1.29, 1.82) is 0 Å². The van der Waals surface area contributed by atoms with E-state index in [-0.39, 0.29) is 5.82 Å². The Hall–Kier alpha value is -1.63. The lowest BCUT2D eigenvalue weighted by molar-refractivity contribution is -0.138. The fourth-order valence-electron chi connectivity index (χ4n) is 1.37. The fourth-order valence-corrected chi connectivity index (χ4v) is 1.37. The predicted octanol–water partition coefficient (Wildman–Crippen LogP) is -1.19. The summed E-state index contributed by atoms with van der Waals surface area (Å²) >= 11 is 0. The number of rotatable bonds is 2. The van der Waals surface area contributed by atoms with E-state index in [1.54, 1.807) is 4.68 Å². The number of carboxylic acids is 1. The molecule has 0 radical (unpaired) electrons. The number of aromatic nitrogens is 3. The van der Waals surface area contributed by atoms with Crippen LogP contribution in [0, 0.1) is 0 Å². The average Bonchev–Trinajstić information content (AvgIpc) is 2.67. The molecule has 2 rings (SSSR count). The maximum absolute atomic E-state index is 10.6. The zero-order chi connectivity index (χ0) is 10.3. The lowest BCUT2D eigenvalue weighted by atomic mass is 10.3. The Morgan fingerprint density at radius 2 is 2.36 bits per heavy atom. The number of fused-ring (bicyclic) bond motifs is 1. The summed E-state index contributed by atoms with van der Waals surface area (Å²) in [7, 11) is 1.88. The van der Waals surface area contributed by atoms with E-state index >= 15 is 0 Å². The Labute approximate surface area is 80.1 Å². The SMILES string of the molecule is CN1CCn2nc(C(N)C(=O)O)nc21. The summed E-state index contributed by atoms with van der Waals surface area (Å²) in [5, 5.41) is 12.7. The van der Waals surface area contributed by atoms with Crippen molar-refractivity contribution in [2.45, 2.75) is 12.6 Å². The first kappa shape index (κ1) is 8.95. The molecule has 0 saturated carbocycles. The largest absolute Gasteiger partial charge is 0.480 e. The van der Waals surface area contributed by atoms with Crippen molar-refractivity contribution in [1.82, 2.24) is 14.8 Å². The molecule has 7 nitrogen and oxygen atoms in total. The lowest BCUT2D eigenvalue weighted by Gasteiger charge is -2.05. The number of nitrogens with two attached hydrogens (primary N) is 1. The molecule has 1 unspecified atom stereocenters. The number of carboxylic acid groups (broad SMARTS) is 1. The Kier molecular flexibility index (Phi) is 1.88. The summed E-state index contributed by atoms with van der Waals surface area (Å²) < 4.78 is 1.66.